The van der Waals surface area contributed by atoms with Gasteiger partial charge in [-0.1, -0.05) is 0 Å². The summed E-state index contributed by atoms with van der Waals surface area (Å²) in [6.45, 7) is 1.89. The first kappa shape index (κ1) is 8.04. The van der Waals surface area contributed by atoms with E-state index < -0.39 is 0 Å². The Morgan fingerprint density at radius 3 is 2.70 bits per heavy atom. The van der Waals surface area contributed by atoms with E-state index in [0.717, 1.165) is 30.5 Å². The van der Waals surface area contributed by atoms with Crippen LogP contribution < -0.4 is 3.53 Å². The Hall–Kier alpha value is -0.0600. The van der Waals surface area contributed by atoms with Gasteiger partial charge < -0.3 is 3.53 Å². The number of nitrogens with one attached hydrogen (secondary N) is 1. The van der Waals surface area contributed by atoms with E-state index in [1.54, 1.807) is 0 Å². The first-order valence-corrected chi connectivity index (χ1v) is 4.43. The standard InChI is InChI=1S/C7H10INO/c1-5-6(9-8)3-2-4-7(5)10/h9H,2-4H2,1H3. The van der Waals surface area contributed by atoms with Gasteiger partial charge in [-0.05, 0) is 19.8 Å². The van der Waals surface area contributed by atoms with Crippen molar-refractivity contribution < 1.29 is 4.79 Å². The largest absolute Gasteiger partial charge is 0.332 e. The summed E-state index contributed by atoms with van der Waals surface area (Å²) in [6.07, 6.45) is 2.76. The fourth-order valence-electron chi connectivity index (χ4n) is 1.09. The normalized spacial score (nSPS) is 19.6. The van der Waals surface area contributed by atoms with Crippen LogP contribution in [0.25, 0.3) is 0 Å². The second-order valence-electron chi connectivity index (χ2n) is 2.47. The zero-order valence-corrected chi connectivity index (χ0v) is 8.07. The Balaban J connectivity index is 2.82. The van der Waals surface area contributed by atoms with Gasteiger partial charge in [-0.15, -0.1) is 0 Å². The van der Waals surface area contributed by atoms with Gasteiger partial charge in [0.2, 0.25) is 0 Å². The number of hydrogen-bond donors (Lipinski definition) is 1. The summed E-state index contributed by atoms with van der Waals surface area (Å²) < 4.78 is 3.01. The third-order valence-corrected chi connectivity index (χ3v) is 2.47. The number of halogens is 1. The van der Waals surface area contributed by atoms with Crippen molar-refractivity contribution in [1.82, 2.24) is 3.53 Å². The van der Waals surface area contributed by atoms with Gasteiger partial charge in [0.05, 0.1) is 22.9 Å². The third-order valence-electron chi connectivity index (χ3n) is 1.82. The number of carbonyl (C=O) groups is 1. The van der Waals surface area contributed by atoms with Gasteiger partial charge in [0.1, 0.15) is 0 Å². The van der Waals surface area contributed by atoms with Gasteiger partial charge in [0.15, 0.2) is 5.78 Å². The molecule has 0 aromatic rings. The highest BCUT2D eigenvalue weighted by Crippen LogP contribution is 2.19. The lowest BCUT2D eigenvalue weighted by Crippen LogP contribution is -2.14. The van der Waals surface area contributed by atoms with Crippen LogP contribution in [0.1, 0.15) is 26.2 Å². The SMILES string of the molecule is CC1=C(NI)CCCC1=O. The van der Waals surface area contributed by atoms with Gasteiger partial charge in [-0.25, -0.2) is 0 Å². The molecule has 1 N–H and O–H groups in total. The van der Waals surface area contributed by atoms with Crippen LogP contribution >= 0.6 is 22.9 Å². The van der Waals surface area contributed by atoms with Crippen molar-refractivity contribution in [2.45, 2.75) is 26.2 Å². The lowest BCUT2D eigenvalue weighted by atomic mass is 9.97. The molecule has 0 aliphatic heterocycles. The molecule has 1 aliphatic rings. The molecule has 2 nitrogen and oxygen atoms in total. The molecule has 0 amide bonds. The number of carbonyl (C=O) groups excluding carboxylic acids is 1. The minimum atomic E-state index is 0.297. The number of hydrogen-bond acceptors (Lipinski definition) is 2. The monoisotopic (exact) mass is 251 g/mol. The van der Waals surface area contributed by atoms with Crippen molar-refractivity contribution in [3.8, 4) is 0 Å². The maximum Gasteiger partial charge on any atom is 0.160 e. The van der Waals surface area contributed by atoms with Crippen LogP contribution in [0.15, 0.2) is 11.3 Å². The predicted octanol–water partition coefficient (Wildman–Crippen LogP) is 1.95. The molecule has 0 spiro atoms. The van der Waals surface area contributed by atoms with Gasteiger partial charge >= 0.3 is 0 Å². The Morgan fingerprint density at radius 1 is 1.50 bits per heavy atom. The van der Waals surface area contributed by atoms with Crippen LogP contribution in [0.2, 0.25) is 0 Å². The van der Waals surface area contributed by atoms with Crippen LogP contribution in [0.5, 0.6) is 0 Å². The second-order valence-corrected chi connectivity index (χ2v) is 3.01. The van der Waals surface area contributed by atoms with E-state index >= 15 is 0 Å². The average Bonchev–Trinajstić information content (AvgIpc) is 1.95. The fourth-order valence-corrected chi connectivity index (χ4v) is 1.76. The second kappa shape index (κ2) is 3.37. The smallest absolute Gasteiger partial charge is 0.160 e. The lowest BCUT2D eigenvalue weighted by molar-refractivity contribution is -0.116. The molecule has 0 fully saturated rings. The molecule has 1 aliphatic carbocycles. The summed E-state index contributed by atoms with van der Waals surface area (Å²) >= 11 is 2.07. The first-order valence-electron chi connectivity index (χ1n) is 3.35. The van der Waals surface area contributed by atoms with Crippen LogP contribution in [-0.2, 0) is 4.79 Å². The van der Waals surface area contributed by atoms with Gasteiger partial charge in [0.25, 0.3) is 0 Å². The first-order chi connectivity index (χ1) is 4.75. The van der Waals surface area contributed by atoms with Gasteiger partial charge in [-0.3, -0.25) is 4.79 Å². The maximum absolute atomic E-state index is 11.1. The molecule has 0 bridgehead atoms. The highest BCUT2D eigenvalue weighted by atomic mass is 127. The van der Waals surface area contributed by atoms with E-state index in [-0.39, 0.29) is 0 Å². The molecule has 0 heterocycles. The van der Waals surface area contributed by atoms with Crippen molar-refractivity contribution >= 4 is 28.6 Å². The molecular weight excluding hydrogens is 241 g/mol. The molecule has 0 aromatic heterocycles. The predicted molar refractivity (Wildman–Crippen MR) is 48.7 cm³/mol. The molecule has 1 rings (SSSR count). The van der Waals surface area contributed by atoms with Crippen molar-refractivity contribution in [2.24, 2.45) is 0 Å². The number of rotatable bonds is 1. The van der Waals surface area contributed by atoms with Crippen molar-refractivity contribution in [1.29, 1.82) is 0 Å². The van der Waals surface area contributed by atoms with Crippen LogP contribution in [-0.4, -0.2) is 5.78 Å². The molecule has 0 saturated heterocycles. The number of allylic oxidation sites excluding steroid dienone is 2. The summed E-state index contributed by atoms with van der Waals surface area (Å²) in [5.41, 5.74) is 2.03. The topological polar surface area (TPSA) is 29.1 Å². The molecule has 0 aromatic carbocycles. The summed E-state index contributed by atoms with van der Waals surface area (Å²) in [6, 6.07) is 0. The zero-order chi connectivity index (χ0) is 7.56. The molecule has 10 heavy (non-hydrogen) atoms. The van der Waals surface area contributed by atoms with E-state index in [0.29, 0.717) is 5.78 Å². The van der Waals surface area contributed by atoms with Crippen LogP contribution in [0, 0.1) is 0 Å². The molecular formula is C7H10INO. The van der Waals surface area contributed by atoms with Crippen molar-refractivity contribution in [2.75, 3.05) is 0 Å². The fraction of sp³-hybridized carbons (Fsp3) is 0.571. The van der Waals surface area contributed by atoms with E-state index in [4.69, 9.17) is 0 Å². The summed E-state index contributed by atoms with van der Waals surface area (Å²) in [5, 5.41) is 0. The molecule has 0 saturated carbocycles. The molecule has 0 atom stereocenters. The maximum atomic E-state index is 11.1. The van der Waals surface area contributed by atoms with E-state index in [1.807, 2.05) is 6.92 Å². The minimum absolute atomic E-state index is 0.297. The van der Waals surface area contributed by atoms with E-state index in [1.165, 1.54) is 0 Å². The average molecular weight is 251 g/mol. The van der Waals surface area contributed by atoms with Gasteiger partial charge in [0, 0.05) is 17.7 Å². The highest BCUT2D eigenvalue weighted by molar-refractivity contribution is 14.1. The van der Waals surface area contributed by atoms with Crippen molar-refractivity contribution in [3.05, 3.63) is 11.3 Å². The van der Waals surface area contributed by atoms with Crippen LogP contribution in [0.3, 0.4) is 0 Å². The summed E-state index contributed by atoms with van der Waals surface area (Å²) in [5.74, 6) is 0.297. The van der Waals surface area contributed by atoms with Crippen LogP contribution in [0.4, 0.5) is 0 Å². The molecule has 56 valence electrons. The quantitative estimate of drug-likeness (QED) is 0.570. The van der Waals surface area contributed by atoms with E-state index in [2.05, 4.69) is 26.4 Å². The number of ketones is 1. The number of Topliss-reactive ketones (excluding diaryl/α,β-unsaturated/α-hetero) is 1. The van der Waals surface area contributed by atoms with Crippen molar-refractivity contribution in [3.63, 3.8) is 0 Å². The lowest BCUT2D eigenvalue weighted by Gasteiger charge is -2.14. The molecule has 3 heteroatoms. The molecule has 0 unspecified atom stereocenters. The minimum Gasteiger partial charge on any atom is -0.332 e. The summed E-state index contributed by atoms with van der Waals surface area (Å²) in [4.78, 5) is 11.1. The third kappa shape index (κ3) is 1.51. The van der Waals surface area contributed by atoms with E-state index in [9.17, 15) is 4.79 Å². The molecule has 0 radical (unpaired) electrons. The Bertz CT molecular complexity index is 186. The Labute approximate surface area is 74.6 Å². The Kier molecular flexibility index (Phi) is 2.71. The zero-order valence-electron chi connectivity index (χ0n) is 5.91. The highest BCUT2D eigenvalue weighted by Gasteiger charge is 2.15. The summed E-state index contributed by atoms with van der Waals surface area (Å²) in [7, 11) is 0. The van der Waals surface area contributed by atoms with Gasteiger partial charge in [-0.2, -0.15) is 0 Å². The Morgan fingerprint density at radius 2 is 2.20 bits per heavy atom.